The monoisotopic (exact) mass is 549 g/mol. The molecule has 4 N–H and O–H groups in total. The molecular weight excluding hydrogens is 514 g/mol. The lowest BCUT2D eigenvalue weighted by Gasteiger charge is -2.23. The minimum atomic E-state index is -1.50. The SMILES string of the molecule is CCCCCCCCCCN=C(N)N(c1nccs1)c1cc(C)nc2ccccc12.O=[N+]([O-])O.O=[N+]([O-])O. The molecule has 1 aromatic carbocycles. The first kappa shape index (κ1) is 32.0. The van der Waals surface area contributed by atoms with Gasteiger partial charge in [-0.05, 0) is 25.5 Å². The average molecular weight is 550 g/mol. The summed E-state index contributed by atoms with van der Waals surface area (Å²) in [5, 5.41) is 31.1. The van der Waals surface area contributed by atoms with Gasteiger partial charge in [-0.2, -0.15) is 0 Å². The van der Waals surface area contributed by atoms with Crippen LogP contribution in [-0.4, -0.2) is 43.1 Å². The van der Waals surface area contributed by atoms with Gasteiger partial charge in [-0.15, -0.1) is 31.6 Å². The van der Waals surface area contributed by atoms with E-state index >= 15 is 0 Å². The van der Waals surface area contributed by atoms with Crippen molar-refractivity contribution in [3.05, 3.63) is 67.8 Å². The zero-order chi connectivity index (χ0) is 28.3. The van der Waals surface area contributed by atoms with Gasteiger partial charge in [0.2, 0.25) is 5.96 Å². The summed E-state index contributed by atoms with van der Waals surface area (Å²) in [6, 6.07) is 10.2. The number of hydrogen-bond acceptors (Lipinski definition) is 8. The number of aliphatic imine (C=N–C) groups is 1. The molecule has 0 atom stereocenters. The van der Waals surface area contributed by atoms with E-state index in [2.05, 4.69) is 29.0 Å². The third-order valence-electron chi connectivity index (χ3n) is 5.19. The number of nitrogens with two attached hydrogens (primary N) is 1. The normalized spacial score (nSPS) is 10.6. The van der Waals surface area contributed by atoms with E-state index in [9.17, 15) is 0 Å². The molecule has 208 valence electrons. The van der Waals surface area contributed by atoms with Gasteiger partial charge < -0.3 is 16.1 Å². The van der Waals surface area contributed by atoms with Crippen molar-refractivity contribution in [1.82, 2.24) is 9.97 Å². The van der Waals surface area contributed by atoms with Crippen LogP contribution in [0.25, 0.3) is 10.9 Å². The summed E-state index contributed by atoms with van der Waals surface area (Å²) in [5.74, 6) is 0.489. The van der Waals surface area contributed by atoms with Crippen LogP contribution in [-0.2, 0) is 0 Å². The van der Waals surface area contributed by atoms with Gasteiger partial charge in [0.15, 0.2) is 5.13 Å². The van der Waals surface area contributed by atoms with Crippen LogP contribution in [0.2, 0.25) is 0 Å². The number of fused-ring (bicyclic) bond motifs is 1. The second-order valence-electron chi connectivity index (χ2n) is 8.14. The van der Waals surface area contributed by atoms with Crippen molar-refractivity contribution in [3.8, 4) is 0 Å². The van der Waals surface area contributed by atoms with Crippen molar-refractivity contribution < 1.29 is 20.6 Å². The predicted molar refractivity (Wildman–Crippen MR) is 147 cm³/mol. The molecule has 0 aliphatic rings. The molecule has 2 aromatic heterocycles. The summed E-state index contributed by atoms with van der Waals surface area (Å²) in [6.07, 6.45) is 12.1. The van der Waals surface area contributed by atoms with Crippen LogP contribution in [0.1, 0.15) is 64.0 Å². The van der Waals surface area contributed by atoms with Crippen molar-refractivity contribution in [1.29, 1.82) is 0 Å². The minimum absolute atomic E-state index is 0.489. The number of unbranched alkanes of at least 4 members (excludes halogenated alkanes) is 7. The van der Waals surface area contributed by atoms with E-state index in [1.54, 1.807) is 17.5 Å². The minimum Gasteiger partial charge on any atom is -0.369 e. The maximum atomic E-state index is 8.36. The molecule has 0 spiro atoms. The number of guanidine groups is 1. The molecule has 13 nitrogen and oxygen atoms in total. The average Bonchev–Trinajstić information content (AvgIpc) is 3.37. The van der Waals surface area contributed by atoms with Crippen molar-refractivity contribution in [2.24, 2.45) is 10.7 Å². The largest absolute Gasteiger partial charge is 0.369 e. The molecule has 2 heterocycles. The number of benzene rings is 1. The van der Waals surface area contributed by atoms with Crippen LogP contribution in [0.4, 0.5) is 10.8 Å². The maximum absolute atomic E-state index is 8.36. The Kier molecular flexibility index (Phi) is 15.3. The Morgan fingerprint density at radius 3 is 2.21 bits per heavy atom. The fraction of sp³-hybridized carbons (Fsp3) is 0.458. The lowest BCUT2D eigenvalue weighted by atomic mass is 10.1. The van der Waals surface area contributed by atoms with Crippen molar-refractivity contribution in [2.45, 2.75) is 65.2 Å². The Hall–Kier alpha value is -4.07. The molecule has 14 heteroatoms. The zero-order valence-corrected chi connectivity index (χ0v) is 22.4. The second kappa shape index (κ2) is 18.2. The molecular formula is C24H35N7O6S. The summed E-state index contributed by atoms with van der Waals surface area (Å²) in [7, 11) is 0. The molecule has 0 saturated carbocycles. The third-order valence-corrected chi connectivity index (χ3v) is 5.95. The van der Waals surface area contributed by atoms with Crippen molar-refractivity contribution in [3.63, 3.8) is 0 Å². The summed E-state index contributed by atoms with van der Waals surface area (Å²) in [5.41, 5.74) is 9.37. The Morgan fingerprint density at radius 2 is 1.63 bits per heavy atom. The van der Waals surface area contributed by atoms with Crippen LogP contribution < -0.4 is 10.6 Å². The summed E-state index contributed by atoms with van der Waals surface area (Å²) in [4.78, 5) is 32.6. The number of hydrogen-bond donors (Lipinski definition) is 3. The van der Waals surface area contributed by atoms with E-state index in [4.69, 9.17) is 41.4 Å². The van der Waals surface area contributed by atoms with Gasteiger partial charge in [0.25, 0.3) is 10.2 Å². The highest BCUT2D eigenvalue weighted by Crippen LogP contribution is 2.33. The maximum Gasteiger partial charge on any atom is 0.291 e. The molecule has 0 aliphatic carbocycles. The van der Waals surface area contributed by atoms with Crippen molar-refractivity contribution in [2.75, 3.05) is 11.4 Å². The first-order valence-corrected chi connectivity index (χ1v) is 13.1. The Labute approximate surface area is 224 Å². The lowest BCUT2D eigenvalue weighted by molar-refractivity contribution is -0.742. The molecule has 0 radical (unpaired) electrons. The molecule has 0 amide bonds. The van der Waals surface area contributed by atoms with Gasteiger partial charge >= 0.3 is 0 Å². The molecule has 0 fully saturated rings. The highest BCUT2D eigenvalue weighted by Gasteiger charge is 2.19. The van der Waals surface area contributed by atoms with Crippen LogP contribution >= 0.6 is 11.3 Å². The fourth-order valence-electron chi connectivity index (χ4n) is 3.63. The Morgan fingerprint density at radius 1 is 1.05 bits per heavy atom. The topological polar surface area (TPSA) is 194 Å². The number of aromatic nitrogens is 2. The molecule has 3 aromatic rings. The highest BCUT2D eigenvalue weighted by molar-refractivity contribution is 7.13. The molecule has 0 unspecified atom stereocenters. The third kappa shape index (κ3) is 12.8. The van der Waals surface area contributed by atoms with Crippen LogP contribution in [0.15, 0.2) is 46.9 Å². The first-order valence-electron chi connectivity index (χ1n) is 12.2. The van der Waals surface area contributed by atoms with Gasteiger partial charge in [0.1, 0.15) is 0 Å². The van der Waals surface area contributed by atoms with E-state index in [-0.39, 0.29) is 0 Å². The number of thiazole rings is 1. The number of para-hydroxylation sites is 1. The lowest BCUT2D eigenvalue weighted by Crippen LogP contribution is -2.34. The van der Waals surface area contributed by atoms with Gasteiger partial charge in [-0.1, -0.05) is 70.1 Å². The number of nitrogens with zero attached hydrogens (tertiary/aromatic N) is 6. The van der Waals surface area contributed by atoms with E-state index < -0.39 is 10.2 Å². The van der Waals surface area contributed by atoms with Gasteiger partial charge in [0.05, 0.1) is 11.2 Å². The predicted octanol–water partition coefficient (Wildman–Crippen LogP) is 5.90. The molecule has 38 heavy (non-hydrogen) atoms. The Balaban J connectivity index is 0.000000794. The fourth-order valence-corrected chi connectivity index (χ4v) is 4.29. The smallest absolute Gasteiger partial charge is 0.291 e. The van der Waals surface area contributed by atoms with E-state index in [0.717, 1.165) is 40.4 Å². The first-order chi connectivity index (χ1) is 18.2. The number of pyridine rings is 1. The van der Waals surface area contributed by atoms with E-state index in [1.165, 1.54) is 44.9 Å². The Bertz CT molecular complexity index is 1120. The standard InChI is InChI=1S/C24H33N5S.2HNO3/c1-3-4-5-6-7-8-9-12-15-26-23(25)29(24-27-16-17-30-24)22-18-19(2)28-21-14-11-10-13-20(21)22;2*2-1(3)4/h10-11,13-14,16-18H,3-9,12,15H2,1-2H3,(H2,25,26);2*(H,2,3,4). The molecule has 3 rings (SSSR count). The van der Waals surface area contributed by atoms with E-state index in [1.807, 2.05) is 35.4 Å². The molecule has 0 bridgehead atoms. The number of rotatable bonds is 11. The second-order valence-corrected chi connectivity index (χ2v) is 9.01. The molecule has 0 saturated heterocycles. The quantitative estimate of drug-likeness (QED) is 0.0851. The van der Waals surface area contributed by atoms with E-state index in [0.29, 0.717) is 5.96 Å². The van der Waals surface area contributed by atoms with Crippen LogP contribution in [0.3, 0.4) is 0 Å². The van der Waals surface area contributed by atoms with Gasteiger partial charge in [0, 0.05) is 29.2 Å². The summed E-state index contributed by atoms with van der Waals surface area (Å²) < 4.78 is 0. The number of aryl methyl sites for hydroxylation is 1. The van der Waals surface area contributed by atoms with Gasteiger partial charge in [-0.25, -0.2) is 4.98 Å². The van der Waals surface area contributed by atoms with Gasteiger partial charge in [-0.3, -0.25) is 14.9 Å². The summed E-state index contributed by atoms with van der Waals surface area (Å²) >= 11 is 1.56. The van der Waals surface area contributed by atoms with Crippen LogP contribution in [0.5, 0.6) is 0 Å². The van der Waals surface area contributed by atoms with Crippen LogP contribution in [0, 0.1) is 27.2 Å². The summed E-state index contributed by atoms with van der Waals surface area (Å²) in [6.45, 7) is 5.00. The highest BCUT2D eigenvalue weighted by atomic mass is 32.1. The number of anilines is 2. The molecule has 0 aliphatic heterocycles. The zero-order valence-electron chi connectivity index (χ0n) is 21.6. The van der Waals surface area contributed by atoms with Crippen molar-refractivity contribution >= 4 is 39.0 Å².